The third-order valence-corrected chi connectivity index (χ3v) is 13.6. The Bertz CT molecular complexity index is 1220. The number of carbonyl (C=O) groups excluding carboxylic acids is 3. The van der Waals surface area contributed by atoms with Crippen molar-refractivity contribution < 1.29 is 28.6 Å². The summed E-state index contributed by atoms with van der Waals surface area (Å²) in [6, 6.07) is 0. The van der Waals surface area contributed by atoms with Gasteiger partial charge in [-0.05, 0) is 57.8 Å². The summed E-state index contributed by atoms with van der Waals surface area (Å²) in [6.07, 6.45) is 72.5. The summed E-state index contributed by atoms with van der Waals surface area (Å²) in [7, 11) is 0. The van der Waals surface area contributed by atoms with Crippen LogP contribution >= 0.6 is 0 Å². The van der Waals surface area contributed by atoms with Crippen LogP contribution < -0.4 is 0 Å². The number of carbonyl (C=O) groups is 3. The highest BCUT2D eigenvalue weighted by Crippen LogP contribution is 2.17. The molecule has 0 N–H and O–H groups in total. The van der Waals surface area contributed by atoms with Gasteiger partial charge in [-0.3, -0.25) is 14.4 Å². The lowest BCUT2D eigenvalue weighted by Gasteiger charge is -2.18. The molecule has 0 rings (SSSR count). The molecule has 0 bridgehead atoms. The molecule has 0 fully saturated rings. The Hall–Kier alpha value is -2.63. The molecule has 0 spiro atoms. The van der Waals surface area contributed by atoms with Crippen LogP contribution in [0.3, 0.4) is 0 Å². The Balaban J connectivity index is 4.23. The van der Waals surface area contributed by atoms with Crippen molar-refractivity contribution >= 4 is 17.9 Å². The summed E-state index contributed by atoms with van der Waals surface area (Å²) in [4.78, 5) is 38.2. The monoisotopic (exact) mass is 981 g/mol. The second kappa shape index (κ2) is 58.9. The highest BCUT2D eigenvalue weighted by molar-refractivity contribution is 5.71. The maximum Gasteiger partial charge on any atom is 0.306 e. The zero-order chi connectivity index (χ0) is 50.7. The Morgan fingerprint density at radius 1 is 0.300 bits per heavy atom. The molecule has 0 aliphatic heterocycles. The number of ether oxygens (including phenoxy) is 3. The van der Waals surface area contributed by atoms with Crippen LogP contribution in [0.15, 0.2) is 48.6 Å². The molecule has 1 unspecified atom stereocenters. The Labute approximate surface area is 435 Å². The fourth-order valence-electron chi connectivity index (χ4n) is 9.02. The first-order valence-electron chi connectivity index (χ1n) is 30.6. The predicted octanol–water partition coefficient (Wildman–Crippen LogP) is 20.6. The average molecular weight is 982 g/mol. The number of esters is 3. The summed E-state index contributed by atoms with van der Waals surface area (Å²) in [5.74, 6) is -0.850. The van der Waals surface area contributed by atoms with Gasteiger partial charge < -0.3 is 14.2 Å². The van der Waals surface area contributed by atoms with Gasteiger partial charge >= 0.3 is 17.9 Å². The lowest BCUT2D eigenvalue weighted by atomic mass is 10.0. The Kier molecular flexibility index (Phi) is 56.7. The van der Waals surface area contributed by atoms with Gasteiger partial charge in [-0.25, -0.2) is 0 Å². The highest BCUT2D eigenvalue weighted by Gasteiger charge is 2.19. The minimum absolute atomic E-state index is 0.0678. The number of hydrogen-bond acceptors (Lipinski definition) is 6. The lowest BCUT2D eigenvalue weighted by Crippen LogP contribution is -2.30. The molecule has 1 atom stereocenters. The van der Waals surface area contributed by atoms with E-state index >= 15 is 0 Å². The van der Waals surface area contributed by atoms with Crippen molar-refractivity contribution in [3.8, 4) is 0 Å². The van der Waals surface area contributed by atoms with E-state index in [1.807, 2.05) is 0 Å². The van der Waals surface area contributed by atoms with Gasteiger partial charge in [0.05, 0.1) is 0 Å². The van der Waals surface area contributed by atoms with E-state index in [-0.39, 0.29) is 31.1 Å². The molecule has 0 saturated heterocycles. The van der Waals surface area contributed by atoms with Crippen molar-refractivity contribution in [2.24, 2.45) is 0 Å². The first kappa shape index (κ1) is 67.4. The largest absolute Gasteiger partial charge is 0.462 e. The molecule has 0 aromatic heterocycles. The van der Waals surface area contributed by atoms with Gasteiger partial charge in [-0.2, -0.15) is 0 Å². The minimum Gasteiger partial charge on any atom is -0.462 e. The number of allylic oxidation sites excluding steroid dienone is 8. The second-order valence-electron chi connectivity index (χ2n) is 20.6. The molecule has 0 amide bonds. The van der Waals surface area contributed by atoms with Crippen LogP contribution in [-0.4, -0.2) is 37.2 Å². The Morgan fingerprint density at radius 3 is 0.871 bits per heavy atom. The molecule has 6 heteroatoms. The Morgan fingerprint density at radius 2 is 0.557 bits per heavy atom. The molecule has 0 aliphatic rings. The number of hydrogen-bond donors (Lipinski definition) is 0. The second-order valence-corrected chi connectivity index (χ2v) is 20.6. The van der Waals surface area contributed by atoms with E-state index in [9.17, 15) is 14.4 Å². The molecular weight excluding hydrogens is 865 g/mol. The van der Waals surface area contributed by atoms with Gasteiger partial charge in [0.2, 0.25) is 0 Å². The number of unbranched alkanes of at least 4 members (excludes halogenated alkanes) is 37. The van der Waals surface area contributed by atoms with Crippen molar-refractivity contribution in [2.45, 2.75) is 329 Å². The zero-order valence-corrected chi connectivity index (χ0v) is 46.8. The van der Waals surface area contributed by atoms with Gasteiger partial charge in [0.1, 0.15) is 13.2 Å². The number of rotatable bonds is 56. The summed E-state index contributed by atoms with van der Waals surface area (Å²) in [5, 5.41) is 0. The molecule has 0 aromatic rings. The van der Waals surface area contributed by atoms with E-state index in [0.29, 0.717) is 19.3 Å². The smallest absolute Gasteiger partial charge is 0.306 e. The van der Waals surface area contributed by atoms with E-state index in [1.54, 1.807) is 0 Å². The molecule has 408 valence electrons. The van der Waals surface area contributed by atoms with Gasteiger partial charge in [0.25, 0.3) is 0 Å². The van der Waals surface area contributed by atoms with Crippen LogP contribution in [0.1, 0.15) is 323 Å². The molecule has 6 nitrogen and oxygen atoms in total. The molecule has 0 radical (unpaired) electrons. The normalized spacial score (nSPS) is 12.3. The van der Waals surface area contributed by atoms with Crippen LogP contribution in [0.4, 0.5) is 0 Å². The quantitative estimate of drug-likeness (QED) is 0.0261. The standard InChI is InChI=1S/C64H116O6/c1-4-7-10-13-16-19-22-25-27-28-29-30-31-32-33-34-35-36-38-39-42-45-48-51-54-57-63(66)69-60-61(59-68-62(65)56-53-50-47-44-41-24-21-18-15-12-9-6-3)70-64(67)58-55-52-49-46-43-40-37-26-23-20-17-14-11-8-5-2/h7,10,16,19,25,27,29-30,61H,4-6,8-9,11-15,17-18,20-24,26,28,31-60H2,1-3H3/b10-7-,19-16-,27-25-,30-29-. The zero-order valence-electron chi connectivity index (χ0n) is 46.8. The maximum absolute atomic E-state index is 12.9. The highest BCUT2D eigenvalue weighted by atomic mass is 16.6. The molecule has 0 aromatic carbocycles. The minimum atomic E-state index is -0.769. The predicted molar refractivity (Wildman–Crippen MR) is 302 cm³/mol. The summed E-state index contributed by atoms with van der Waals surface area (Å²) >= 11 is 0. The van der Waals surface area contributed by atoms with Gasteiger partial charge in [-0.1, -0.05) is 294 Å². The fourth-order valence-corrected chi connectivity index (χ4v) is 9.02. The van der Waals surface area contributed by atoms with Gasteiger partial charge in [0.15, 0.2) is 6.10 Å². The van der Waals surface area contributed by atoms with Crippen LogP contribution in [0.2, 0.25) is 0 Å². The van der Waals surface area contributed by atoms with Crippen molar-refractivity contribution in [3.05, 3.63) is 48.6 Å². The van der Waals surface area contributed by atoms with Crippen LogP contribution in [0.5, 0.6) is 0 Å². The van der Waals surface area contributed by atoms with E-state index in [2.05, 4.69) is 69.4 Å². The first-order valence-corrected chi connectivity index (χ1v) is 30.6. The molecule has 70 heavy (non-hydrogen) atoms. The fraction of sp³-hybridized carbons (Fsp3) is 0.828. The summed E-state index contributed by atoms with van der Waals surface area (Å²) in [6.45, 7) is 6.57. The van der Waals surface area contributed by atoms with E-state index in [4.69, 9.17) is 14.2 Å². The molecular formula is C64H116O6. The maximum atomic E-state index is 12.9. The SMILES string of the molecule is CC/C=C\C/C=C\C/C=C\C/C=C\CCCCCCCCCCCCCCC(=O)OCC(COC(=O)CCCCCCCCCCCCCC)OC(=O)CCCCCCCCCCCCCCCCC. The third kappa shape index (κ3) is 56.3. The van der Waals surface area contributed by atoms with E-state index < -0.39 is 6.10 Å². The van der Waals surface area contributed by atoms with Crippen molar-refractivity contribution in [1.82, 2.24) is 0 Å². The lowest BCUT2D eigenvalue weighted by molar-refractivity contribution is -0.167. The summed E-state index contributed by atoms with van der Waals surface area (Å²) < 4.78 is 16.9. The van der Waals surface area contributed by atoms with Crippen LogP contribution in [-0.2, 0) is 28.6 Å². The first-order chi connectivity index (χ1) is 34.5. The third-order valence-electron chi connectivity index (χ3n) is 13.6. The molecule has 0 heterocycles. The summed E-state index contributed by atoms with van der Waals surface area (Å²) in [5.41, 5.74) is 0. The average Bonchev–Trinajstić information content (AvgIpc) is 3.36. The van der Waals surface area contributed by atoms with Crippen LogP contribution in [0, 0.1) is 0 Å². The van der Waals surface area contributed by atoms with Crippen molar-refractivity contribution in [1.29, 1.82) is 0 Å². The van der Waals surface area contributed by atoms with Crippen molar-refractivity contribution in [3.63, 3.8) is 0 Å². The van der Waals surface area contributed by atoms with Gasteiger partial charge in [-0.15, -0.1) is 0 Å². The molecule has 0 aliphatic carbocycles. The van der Waals surface area contributed by atoms with Gasteiger partial charge in [0, 0.05) is 19.3 Å². The van der Waals surface area contributed by atoms with Crippen LogP contribution in [0.25, 0.3) is 0 Å². The molecule has 0 saturated carbocycles. The van der Waals surface area contributed by atoms with E-state index in [0.717, 1.165) is 83.5 Å². The topological polar surface area (TPSA) is 78.9 Å². The van der Waals surface area contributed by atoms with Crippen molar-refractivity contribution in [2.75, 3.05) is 13.2 Å². The van der Waals surface area contributed by atoms with E-state index in [1.165, 1.54) is 199 Å².